The summed E-state index contributed by atoms with van der Waals surface area (Å²) in [5, 5.41) is 18.6. The molecule has 1 aromatic heterocycles. The lowest BCUT2D eigenvalue weighted by Gasteiger charge is -2.24. The Bertz CT molecular complexity index is 857. The van der Waals surface area contributed by atoms with Gasteiger partial charge in [-0.05, 0) is 19.4 Å². The second kappa shape index (κ2) is 8.75. The van der Waals surface area contributed by atoms with Crippen LogP contribution in [-0.4, -0.2) is 52.7 Å². The molecule has 9 nitrogen and oxygen atoms in total. The van der Waals surface area contributed by atoms with E-state index < -0.39 is 43.1 Å². The van der Waals surface area contributed by atoms with E-state index in [0.717, 1.165) is 11.0 Å². The van der Waals surface area contributed by atoms with E-state index in [2.05, 4.69) is 0 Å². The fraction of sp³-hybridized carbons (Fsp3) is 0.529. The lowest BCUT2D eigenvalue weighted by molar-refractivity contribution is -0.150. The molecular formula is C17H23ClN2O7. The number of rotatable bonds is 9. The molecule has 2 aromatic rings. The van der Waals surface area contributed by atoms with Gasteiger partial charge in [0.05, 0.1) is 35.9 Å². The molecule has 10 heteroatoms. The maximum atomic E-state index is 12.3. The van der Waals surface area contributed by atoms with Gasteiger partial charge in [-0.2, -0.15) is 0 Å². The number of oxazole rings is 1. The van der Waals surface area contributed by atoms with Crippen LogP contribution in [0.15, 0.2) is 21.3 Å². The minimum atomic E-state index is -1.46. The van der Waals surface area contributed by atoms with E-state index in [1.807, 2.05) is 6.92 Å². The number of nitrogens with zero attached hydrogens (tertiary/aromatic N) is 1. The molecular weight excluding hydrogens is 380 g/mol. The zero-order valence-corrected chi connectivity index (χ0v) is 15.9. The van der Waals surface area contributed by atoms with Crippen molar-refractivity contribution >= 4 is 28.7 Å². The Morgan fingerprint density at radius 1 is 1.41 bits per heavy atom. The molecule has 150 valence electrons. The van der Waals surface area contributed by atoms with Gasteiger partial charge in [0, 0.05) is 6.07 Å². The molecule has 0 spiro atoms. The molecule has 0 amide bonds. The second-order valence-electron chi connectivity index (χ2n) is 6.30. The van der Waals surface area contributed by atoms with Gasteiger partial charge in [-0.1, -0.05) is 18.5 Å². The van der Waals surface area contributed by atoms with E-state index in [1.165, 1.54) is 19.1 Å². The molecule has 0 radical (unpaired) electrons. The summed E-state index contributed by atoms with van der Waals surface area (Å²) in [5.74, 6) is -1.17. The van der Waals surface area contributed by atoms with Crippen molar-refractivity contribution in [2.24, 2.45) is 5.73 Å². The number of hydrogen-bond donors (Lipinski definition) is 3. The quantitative estimate of drug-likeness (QED) is 0.524. The summed E-state index contributed by atoms with van der Waals surface area (Å²) in [6.07, 6.45) is 0.784. The first-order chi connectivity index (χ1) is 12.8. The number of carbonyl (C=O) groups is 1. The number of aliphatic hydroxyl groups excluding tert-OH is 2. The van der Waals surface area contributed by atoms with Crippen molar-refractivity contribution in [2.45, 2.75) is 31.8 Å². The van der Waals surface area contributed by atoms with Gasteiger partial charge in [-0.3, -0.25) is 4.57 Å². The fourth-order valence-electron chi connectivity index (χ4n) is 2.31. The Morgan fingerprint density at radius 3 is 2.67 bits per heavy atom. The van der Waals surface area contributed by atoms with E-state index in [9.17, 15) is 9.59 Å². The first kappa shape index (κ1) is 21.2. The standard InChI is InChI=1S/C17H23ClN2O7/c1-3-4-25-13-6-14-12(5-11(13)18)20(16(24)27-14)10(2)15(23)26-9-17(19,7-21)8-22/h5-6,10,21-22H,3-4,7-9,19H2,1-2H3. The SMILES string of the molecule is CCCOc1cc2oc(=O)n(C(C)C(=O)OCC(N)(CO)CO)c2cc1Cl. The molecule has 1 aromatic carbocycles. The Hall–Kier alpha value is -2.07. The predicted octanol–water partition coefficient (Wildman–Crippen LogP) is 0.823. The highest BCUT2D eigenvalue weighted by molar-refractivity contribution is 6.32. The summed E-state index contributed by atoms with van der Waals surface area (Å²) < 4.78 is 16.8. The van der Waals surface area contributed by atoms with Gasteiger partial charge >= 0.3 is 11.7 Å². The monoisotopic (exact) mass is 402 g/mol. The zero-order chi connectivity index (χ0) is 20.2. The largest absolute Gasteiger partial charge is 0.492 e. The maximum Gasteiger partial charge on any atom is 0.420 e. The first-order valence-electron chi connectivity index (χ1n) is 8.41. The van der Waals surface area contributed by atoms with E-state index in [-0.39, 0.29) is 10.6 Å². The van der Waals surface area contributed by atoms with Gasteiger partial charge in [0.2, 0.25) is 0 Å². The predicted molar refractivity (Wildman–Crippen MR) is 98.0 cm³/mol. The third-order valence-corrected chi connectivity index (χ3v) is 4.28. The Kier molecular flexibility index (Phi) is 6.88. The summed E-state index contributed by atoms with van der Waals surface area (Å²) in [6, 6.07) is 1.93. The molecule has 0 aliphatic rings. The molecule has 4 N–H and O–H groups in total. The van der Waals surface area contributed by atoms with Crippen LogP contribution in [0.3, 0.4) is 0 Å². The number of carbonyl (C=O) groups excluding carboxylic acids is 1. The van der Waals surface area contributed by atoms with Gasteiger partial charge in [0.15, 0.2) is 5.58 Å². The minimum absolute atomic E-state index is 0.217. The van der Waals surface area contributed by atoms with Crippen molar-refractivity contribution in [1.29, 1.82) is 0 Å². The van der Waals surface area contributed by atoms with Crippen LogP contribution >= 0.6 is 11.6 Å². The van der Waals surface area contributed by atoms with Crippen LogP contribution in [0, 0.1) is 0 Å². The van der Waals surface area contributed by atoms with E-state index in [0.29, 0.717) is 17.9 Å². The molecule has 0 saturated heterocycles. The van der Waals surface area contributed by atoms with Crippen LogP contribution in [0.4, 0.5) is 0 Å². The first-order valence-corrected chi connectivity index (χ1v) is 8.78. The van der Waals surface area contributed by atoms with E-state index in [1.54, 1.807) is 0 Å². The van der Waals surface area contributed by atoms with Crippen molar-refractivity contribution < 1.29 is 28.9 Å². The van der Waals surface area contributed by atoms with E-state index in [4.69, 9.17) is 41.4 Å². The van der Waals surface area contributed by atoms with Crippen molar-refractivity contribution in [3.05, 3.63) is 27.7 Å². The molecule has 0 bridgehead atoms. The third-order valence-electron chi connectivity index (χ3n) is 3.99. The number of hydrogen-bond acceptors (Lipinski definition) is 8. The molecule has 0 fully saturated rings. The molecule has 1 atom stereocenters. The second-order valence-corrected chi connectivity index (χ2v) is 6.71. The number of aromatic nitrogens is 1. The average molecular weight is 403 g/mol. The average Bonchev–Trinajstić information content (AvgIpc) is 2.97. The smallest absolute Gasteiger partial charge is 0.420 e. The third kappa shape index (κ3) is 4.62. The number of ether oxygens (including phenoxy) is 2. The highest BCUT2D eigenvalue weighted by Gasteiger charge is 2.29. The van der Waals surface area contributed by atoms with Gasteiger partial charge in [0.25, 0.3) is 0 Å². The number of halogens is 1. The van der Waals surface area contributed by atoms with Crippen molar-refractivity contribution in [3.63, 3.8) is 0 Å². The number of fused-ring (bicyclic) bond motifs is 1. The Morgan fingerprint density at radius 2 is 2.07 bits per heavy atom. The Labute approximate surface area is 160 Å². The van der Waals surface area contributed by atoms with Gasteiger partial charge in [-0.15, -0.1) is 0 Å². The van der Waals surface area contributed by atoms with Gasteiger partial charge in [0.1, 0.15) is 18.4 Å². The Balaban J connectivity index is 2.29. The van der Waals surface area contributed by atoms with Crippen LogP contribution in [0.25, 0.3) is 11.1 Å². The lowest BCUT2D eigenvalue weighted by Crippen LogP contribution is -2.52. The number of esters is 1. The van der Waals surface area contributed by atoms with Crippen LogP contribution in [0.5, 0.6) is 5.75 Å². The molecule has 0 aliphatic heterocycles. The molecule has 2 rings (SSSR count). The highest BCUT2D eigenvalue weighted by Crippen LogP contribution is 2.31. The van der Waals surface area contributed by atoms with Crippen molar-refractivity contribution in [2.75, 3.05) is 26.4 Å². The molecule has 1 unspecified atom stereocenters. The van der Waals surface area contributed by atoms with Crippen LogP contribution < -0.4 is 16.2 Å². The molecule has 1 heterocycles. The maximum absolute atomic E-state index is 12.3. The summed E-state index contributed by atoms with van der Waals surface area (Å²) in [7, 11) is 0. The number of nitrogens with two attached hydrogens (primary N) is 1. The van der Waals surface area contributed by atoms with Crippen LogP contribution in [0.1, 0.15) is 26.3 Å². The molecule has 27 heavy (non-hydrogen) atoms. The van der Waals surface area contributed by atoms with Crippen molar-refractivity contribution in [1.82, 2.24) is 4.57 Å². The van der Waals surface area contributed by atoms with Crippen molar-refractivity contribution in [3.8, 4) is 5.75 Å². The summed E-state index contributed by atoms with van der Waals surface area (Å²) >= 11 is 6.19. The van der Waals surface area contributed by atoms with Gasteiger partial charge in [-0.25, -0.2) is 9.59 Å². The normalized spacial score (nSPS) is 13.0. The van der Waals surface area contributed by atoms with Crippen LogP contribution in [-0.2, 0) is 9.53 Å². The zero-order valence-electron chi connectivity index (χ0n) is 15.1. The molecule has 0 saturated carbocycles. The number of aliphatic hydroxyl groups is 2. The molecule has 0 aliphatic carbocycles. The topological polar surface area (TPSA) is 137 Å². The van der Waals surface area contributed by atoms with Crippen LogP contribution in [0.2, 0.25) is 5.02 Å². The summed E-state index contributed by atoms with van der Waals surface area (Å²) in [4.78, 5) is 24.5. The lowest BCUT2D eigenvalue weighted by atomic mass is 10.1. The fourth-order valence-corrected chi connectivity index (χ4v) is 2.52. The minimum Gasteiger partial charge on any atom is -0.492 e. The highest BCUT2D eigenvalue weighted by atomic mass is 35.5. The van der Waals surface area contributed by atoms with Gasteiger partial charge < -0.3 is 29.8 Å². The number of benzene rings is 1. The van der Waals surface area contributed by atoms with E-state index >= 15 is 0 Å². The summed E-state index contributed by atoms with van der Waals surface area (Å²) in [5.41, 5.74) is 4.72. The summed E-state index contributed by atoms with van der Waals surface area (Å²) in [6.45, 7) is 2.29.